The molecule has 0 aromatic carbocycles. The molecule has 1 atom stereocenters. The highest BCUT2D eigenvalue weighted by atomic mass is 16.5. The molecule has 5 nitrogen and oxygen atoms in total. The minimum absolute atomic E-state index is 0.0526. The van der Waals surface area contributed by atoms with E-state index >= 15 is 0 Å². The summed E-state index contributed by atoms with van der Waals surface area (Å²) in [5, 5.41) is 0. The third kappa shape index (κ3) is 3.94. The van der Waals surface area contributed by atoms with Crippen molar-refractivity contribution in [2.75, 3.05) is 7.11 Å². The highest BCUT2D eigenvalue weighted by Crippen LogP contribution is 2.24. The highest BCUT2D eigenvalue weighted by molar-refractivity contribution is 5.16. The number of hydrogen-bond donors (Lipinski definition) is 2. The zero-order valence-electron chi connectivity index (χ0n) is 10.8. The van der Waals surface area contributed by atoms with E-state index in [1.54, 1.807) is 7.11 Å². The summed E-state index contributed by atoms with van der Waals surface area (Å²) in [5.41, 5.74) is 3.70. The van der Waals surface area contributed by atoms with Crippen molar-refractivity contribution in [3.63, 3.8) is 0 Å². The Bertz CT molecular complexity index is 328. The number of nitrogens with two attached hydrogens (primary N) is 1. The summed E-state index contributed by atoms with van der Waals surface area (Å²) in [4.78, 5) is 8.24. The van der Waals surface area contributed by atoms with E-state index in [1.807, 2.05) is 6.07 Å². The quantitative estimate of drug-likeness (QED) is 0.560. The maximum Gasteiger partial charge on any atom is 0.216 e. The molecule has 1 aromatic rings. The van der Waals surface area contributed by atoms with Crippen LogP contribution in [0.25, 0.3) is 0 Å². The maximum absolute atomic E-state index is 5.60. The normalized spacial score (nSPS) is 12.8. The van der Waals surface area contributed by atoms with Gasteiger partial charge in [0.1, 0.15) is 6.33 Å². The van der Waals surface area contributed by atoms with Crippen molar-refractivity contribution in [3.05, 3.63) is 18.1 Å². The summed E-state index contributed by atoms with van der Waals surface area (Å²) in [6, 6.07) is 1.88. The molecule has 1 aromatic heterocycles. The van der Waals surface area contributed by atoms with E-state index in [0.717, 1.165) is 25.0 Å². The molecule has 0 amide bonds. The number of methoxy groups -OCH3 is 1. The van der Waals surface area contributed by atoms with Crippen LogP contribution >= 0.6 is 0 Å². The molecule has 0 spiro atoms. The van der Waals surface area contributed by atoms with Crippen LogP contribution in [0, 0.1) is 5.92 Å². The number of nitrogens with zero attached hydrogens (tertiary/aromatic N) is 2. The average Bonchev–Trinajstić information content (AvgIpc) is 2.40. The Kier molecular flexibility index (Phi) is 5.86. The van der Waals surface area contributed by atoms with E-state index in [-0.39, 0.29) is 6.04 Å². The van der Waals surface area contributed by atoms with E-state index in [9.17, 15) is 0 Å². The van der Waals surface area contributed by atoms with E-state index in [4.69, 9.17) is 10.6 Å². The first-order valence-corrected chi connectivity index (χ1v) is 6.07. The number of rotatable bonds is 7. The fraction of sp³-hybridized carbons (Fsp3) is 0.667. The second kappa shape index (κ2) is 7.19. The van der Waals surface area contributed by atoms with Crippen LogP contribution in [-0.4, -0.2) is 17.1 Å². The zero-order valence-corrected chi connectivity index (χ0v) is 10.8. The number of ether oxygens (including phenoxy) is 1. The van der Waals surface area contributed by atoms with Crippen LogP contribution in [0.3, 0.4) is 0 Å². The first-order chi connectivity index (χ1) is 8.24. The molecule has 1 heterocycles. The fourth-order valence-electron chi connectivity index (χ4n) is 1.89. The molecule has 0 aliphatic rings. The molecule has 0 saturated heterocycles. The number of aromatic nitrogens is 2. The molecule has 0 saturated carbocycles. The van der Waals surface area contributed by atoms with Gasteiger partial charge < -0.3 is 4.74 Å². The number of hydrogen-bond acceptors (Lipinski definition) is 5. The van der Waals surface area contributed by atoms with Gasteiger partial charge in [-0.15, -0.1) is 0 Å². The van der Waals surface area contributed by atoms with Crippen molar-refractivity contribution >= 4 is 0 Å². The van der Waals surface area contributed by atoms with Gasteiger partial charge in [-0.2, -0.15) is 0 Å². The van der Waals surface area contributed by atoms with Crippen molar-refractivity contribution < 1.29 is 4.74 Å². The van der Waals surface area contributed by atoms with Crippen molar-refractivity contribution in [2.45, 2.75) is 39.2 Å². The van der Waals surface area contributed by atoms with Crippen LogP contribution in [0.15, 0.2) is 12.4 Å². The third-order valence-corrected chi connectivity index (χ3v) is 3.15. The zero-order chi connectivity index (χ0) is 12.7. The monoisotopic (exact) mass is 238 g/mol. The van der Waals surface area contributed by atoms with Gasteiger partial charge in [0.2, 0.25) is 5.88 Å². The summed E-state index contributed by atoms with van der Waals surface area (Å²) >= 11 is 0. The molecule has 17 heavy (non-hydrogen) atoms. The molecule has 5 heteroatoms. The van der Waals surface area contributed by atoms with Gasteiger partial charge in [0.05, 0.1) is 18.8 Å². The van der Waals surface area contributed by atoms with Crippen LogP contribution in [0.2, 0.25) is 0 Å². The Morgan fingerprint density at radius 2 is 2.06 bits per heavy atom. The van der Waals surface area contributed by atoms with Crippen LogP contribution in [-0.2, 0) is 0 Å². The molecule has 1 unspecified atom stereocenters. The van der Waals surface area contributed by atoms with Gasteiger partial charge in [-0.1, -0.05) is 26.7 Å². The van der Waals surface area contributed by atoms with Crippen LogP contribution in [0.1, 0.15) is 44.8 Å². The van der Waals surface area contributed by atoms with Gasteiger partial charge in [0, 0.05) is 6.07 Å². The van der Waals surface area contributed by atoms with Crippen molar-refractivity contribution in [1.29, 1.82) is 0 Å². The second-order valence-electron chi connectivity index (χ2n) is 4.12. The highest BCUT2D eigenvalue weighted by Gasteiger charge is 2.16. The first-order valence-electron chi connectivity index (χ1n) is 6.07. The topological polar surface area (TPSA) is 73.1 Å². The molecule has 96 valence electrons. The number of hydrazine groups is 1. The number of nitrogens with one attached hydrogen (secondary N) is 1. The fourth-order valence-corrected chi connectivity index (χ4v) is 1.89. The minimum Gasteiger partial charge on any atom is -0.481 e. The van der Waals surface area contributed by atoms with Gasteiger partial charge in [-0.25, -0.2) is 9.97 Å². The maximum atomic E-state index is 5.60. The molecule has 0 bridgehead atoms. The van der Waals surface area contributed by atoms with Crippen LogP contribution < -0.4 is 16.0 Å². The van der Waals surface area contributed by atoms with Gasteiger partial charge in [0.15, 0.2) is 0 Å². The molecule has 0 aliphatic carbocycles. The van der Waals surface area contributed by atoms with Crippen molar-refractivity contribution in [3.8, 4) is 5.88 Å². The smallest absolute Gasteiger partial charge is 0.216 e. The summed E-state index contributed by atoms with van der Waals surface area (Å²) in [5.74, 6) is 6.82. The molecule has 3 N–H and O–H groups in total. The molecule has 0 radical (unpaired) electrons. The van der Waals surface area contributed by atoms with Crippen LogP contribution in [0.5, 0.6) is 5.88 Å². The average molecular weight is 238 g/mol. The predicted molar refractivity (Wildman–Crippen MR) is 67.3 cm³/mol. The van der Waals surface area contributed by atoms with Gasteiger partial charge in [-0.3, -0.25) is 11.3 Å². The van der Waals surface area contributed by atoms with Gasteiger partial charge in [-0.05, 0) is 12.3 Å². The molecule has 0 aliphatic heterocycles. The van der Waals surface area contributed by atoms with Crippen LogP contribution in [0.4, 0.5) is 0 Å². The predicted octanol–water partition coefficient (Wildman–Crippen LogP) is 1.82. The lowest BCUT2D eigenvalue weighted by molar-refractivity contribution is 0.364. The molecular formula is C12H22N4O. The SMILES string of the molecule is CCC(CC)CC(NN)c1cc(OC)ncn1. The lowest BCUT2D eigenvalue weighted by atomic mass is 9.93. The molecule has 1 rings (SSSR count). The lowest BCUT2D eigenvalue weighted by Gasteiger charge is -2.20. The summed E-state index contributed by atoms with van der Waals surface area (Å²) in [7, 11) is 1.60. The summed E-state index contributed by atoms with van der Waals surface area (Å²) in [6.07, 6.45) is 4.78. The van der Waals surface area contributed by atoms with E-state index in [0.29, 0.717) is 11.8 Å². The summed E-state index contributed by atoms with van der Waals surface area (Å²) < 4.78 is 5.09. The Balaban J connectivity index is 2.77. The minimum atomic E-state index is 0.0526. The molecular weight excluding hydrogens is 216 g/mol. The second-order valence-corrected chi connectivity index (χ2v) is 4.12. The Labute approximate surface area is 103 Å². The largest absolute Gasteiger partial charge is 0.481 e. The Morgan fingerprint density at radius 1 is 1.35 bits per heavy atom. The van der Waals surface area contributed by atoms with E-state index < -0.39 is 0 Å². The standard InChI is InChI=1S/C12H22N4O/c1-4-9(5-2)6-11(16-13)10-7-12(17-3)15-8-14-10/h7-9,11,16H,4-6,13H2,1-3H3. The van der Waals surface area contributed by atoms with Crippen molar-refractivity contribution in [1.82, 2.24) is 15.4 Å². The third-order valence-electron chi connectivity index (χ3n) is 3.15. The van der Waals surface area contributed by atoms with Gasteiger partial charge in [0.25, 0.3) is 0 Å². The lowest BCUT2D eigenvalue weighted by Crippen LogP contribution is -2.30. The summed E-state index contributed by atoms with van der Waals surface area (Å²) in [6.45, 7) is 4.39. The first kappa shape index (κ1) is 13.9. The Morgan fingerprint density at radius 3 is 2.59 bits per heavy atom. The van der Waals surface area contributed by atoms with Crippen molar-refractivity contribution in [2.24, 2.45) is 11.8 Å². The van der Waals surface area contributed by atoms with E-state index in [2.05, 4.69) is 29.2 Å². The molecule has 0 fully saturated rings. The van der Waals surface area contributed by atoms with Gasteiger partial charge >= 0.3 is 0 Å². The Hall–Kier alpha value is -1.20. The van der Waals surface area contributed by atoms with E-state index in [1.165, 1.54) is 6.33 Å².